The second kappa shape index (κ2) is 35.8. The van der Waals surface area contributed by atoms with E-state index in [1.54, 1.807) is 0 Å². The SMILES string of the molecule is CCC/C=C/C=C/C=C/C=C/C=C/CCCCCCCC(=O)OCC(COCCC(C(=O)O)[N+](C)(C)C)OC(=O)CCCCCCC/C=C/CCCC. The number of esters is 2. The molecule has 8 nitrogen and oxygen atoms in total. The Kier molecular flexibility index (Phi) is 33.6. The molecule has 2 atom stereocenters. The average Bonchev–Trinajstić information content (AvgIpc) is 3.11. The number of allylic oxidation sites excluding steroid dienone is 12. The predicted octanol–water partition coefficient (Wildman–Crippen LogP) is 10.8. The van der Waals surface area contributed by atoms with Gasteiger partial charge >= 0.3 is 17.9 Å². The van der Waals surface area contributed by atoms with Crippen molar-refractivity contribution in [3.8, 4) is 0 Å². The number of hydrogen-bond donors (Lipinski definition) is 1. The molecule has 0 aromatic heterocycles. The lowest BCUT2D eigenvalue weighted by Crippen LogP contribution is -2.50. The monoisotopic (exact) mass is 743 g/mol. The van der Waals surface area contributed by atoms with Crippen LogP contribution in [-0.4, -0.2) is 80.6 Å². The summed E-state index contributed by atoms with van der Waals surface area (Å²) in [5, 5.41) is 9.59. The molecule has 0 spiro atoms. The van der Waals surface area contributed by atoms with Crippen LogP contribution in [0.15, 0.2) is 72.9 Å². The number of carboxylic acid groups (broad SMARTS) is 1. The molecule has 0 radical (unpaired) electrons. The maximum Gasteiger partial charge on any atom is 0.362 e. The highest BCUT2D eigenvalue weighted by molar-refractivity contribution is 5.72. The van der Waals surface area contributed by atoms with E-state index in [0.29, 0.717) is 19.3 Å². The van der Waals surface area contributed by atoms with Crippen LogP contribution in [0.1, 0.15) is 142 Å². The van der Waals surface area contributed by atoms with Crippen molar-refractivity contribution in [1.82, 2.24) is 0 Å². The van der Waals surface area contributed by atoms with E-state index in [2.05, 4.69) is 50.3 Å². The molecule has 0 aliphatic heterocycles. The van der Waals surface area contributed by atoms with Gasteiger partial charge in [0, 0.05) is 19.3 Å². The number of carbonyl (C=O) groups excluding carboxylic acids is 2. The zero-order valence-electron chi connectivity index (χ0n) is 34.2. The fourth-order valence-corrected chi connectivity index (χ4v) is 5.45. The Hall–Kier alpha value is -3.23. The van der Waals surface area contributed by atoms with Gasteiger partial charge in [0.15, 0.2) is 12.1 Å². The van der Waals surface area contributed by atoms with Gasteiger partial charge in [-0.1, -0.05) is 145 Å². The molecular weight excluding hydrogens is 666 g/mol. The van der Waals surface area contributed by atoms with Gasteiger partial charge in [-0.15, -0.1) is 0 Å². The molecule has 0 saturated heterocycles. The van der Waals surface area contributed by atoms with Crippen molar-refractivity contribution in [3.63, 3.8) is 0 Å². The summed E-state index contributed by atoms with van der Waals surface area (Å²) >= 11 is 0. The number of rotatable bonds is 35. The Morgan fingerprint density at radius 2 is 1.06 bits per heavy atom. The summed E-state index contributed by atoms with van der Waals surface area (Å²) in [5.74, 6) is -1.52. The fraction of sp³-hybridized carbons (Fsp3) is 0.667. The summed E-state index contributed by atoms with van der Waals surface area (Å²) in [7, 11) is 5.50. The summed E-state index contributed by atoms with van der Waals surface area (Å²) in [5.41, 5.74) is 0. The van der Waals surface area contributed by atoms with Crippen LogP contribution in [0.3, 0.4) is 0 Å². The van der Waals surface area contributed by atoms with Gasteiger partial charge in [0.1, 0.15) is 6.61 Å². The van der Waals surface area contributed by atoms with Crippen LogP contribution in [-0.2, 0) is 28.6 Å². The Labute approximate surface area is 323 Å². The van der Waals surface area contributed by atoms with Crippen LogP contribution in [0.25, 0.3) is 0 Å². The third-order valence-corrected chi connectivity index (χ3v) is 8.69. The van der Waals surface area contributed by atoms with Gasteiger partial charge in [-0.2, -0.15) is 0 Å². The van der Waals surface area contributed by atoms with E-state index in [9.17, 15) is 19.5 Å². The molecular formula is C45H76NO7+. The summed E-state index contributed by atoms with van der Waals surface area (Å²) < 4.78 is 17.2. The number of carboxylic acids is 1. The molecule has 0 aliphatic carbocycles. The maximum atomic E-state index is 12.7. The number of hydrogen-bond acceptors (Lipinski definition) is 6. The molecule has 0 heterocycles. The second-order valence-electron chi connectivity index (χ2n) is 14.7. The van der Waals surface area contributed by atoms with Crippen LogP contribution < -0.4 is 0 Å². The third-order valence-electron chi connectivity index (χ3n) is 8.69. The van der Waals surface area contributed by atoms with Crippen molar-refractivity contribution in [1.29, 1.82) is 0 Å². The second-order valence-corrected chi connectivity index (χ2v) is 14.7. The van der Waals surface area contributed by atoms with Crippen LogP contribution in [0, 0.1) is 0 Å². The highest BCUT2D eigenvalue weighted by Gasteiger charge is 2.31. The number of likely N-dealkylation sites (N-methyl/N-ethyl adjacent to an activating group) is 1. The molecule has 8 heteroatoms. The van der Waals surface area contributed by atoms with Gasteiger partial charge in [-0.25, -0.2) is 4.79 Å². The summed E-state index contributed by atoms with van der Waals surface area (Å²) in [6.45, 7) is 4.55. The Morgan fingerprint density at radius 1 is 0.566 bits per heavy atom. The number of aliphatic carboxylic acids is 1. The van der Waals surface area contributed by atoms with Crippen LogP contribution >= 0.6 is 0 Å². The average molecular weight is 743 g/mol. The third kappa shape index (κ3) is 34.3. The highest BCUT2D eigenvalue weighted by atomic mass is 16.6. The van der Waals surface area contributed by atoms with E-state index >= 15 is 0 Å². The van der Waals surface area contributed by atoms with Gasteiger partial charge in [0.25, 0.3) is 0 Å². The van der Waals surface area contributed by atoms with Gasteiger partial charge in [-0.05, 0) is 51.4 Å². The molecule has 2 unspecified atom stereocenters. The molecule has 0 saturated carbocycles. The molecule has 0 rings (SSSR count). The minimum Gasteiger partial charge on any atom is -0.477 e. The highest BCUT2D eigenvalue weighted by Crippen LogP contribution is 2.13. The molecule has 0 fully saturated rings. The summed E-state index contributed by atoms with van der Waals surface area (Å²) in [4.78, 5) is 36.8. The Morgan fingerprint density at radius 3 is 1.60 bits per heavy atom. The van der Waals surface area contributed by atoms with Crippen molar-refractivity contribution in [2.45, 2.75) is 154 Å². The number of quaternary nitrogens is 1. The molecule has 0 aliphatic rings. The molecule has 302 valence electrons. The number of unbranched alkanes of at least 4 members (excludes halogenated alkanes) is 13. The van der Waals surface area contributed by atoms with Gasteiger partial charge in [0.2, 0.25) is 0 Å². The van der Waals surface area contributed by atoms with Crippen molar-refractivity contribution in [2.24, 2.45) is 0 Å². The zero-order chi connectivity index (χ0) is 39.3. The smallest absolute Gasteiger partial charge is 0.362 e. The van der Waals surface area contributed by atoms with E-state index in [-0.39, 0.29) is 36.2 Å². The summed E-state index contributed by atoms with van der Waals surface area (Å²) in [6, 6.07) is -0.622. The molecule has 1 N–H and O–H groups in total. The minimum absolute atomic E-state index is 0.0452. The topological polar surface area (TPSA) is 99.1 Å². The van der Waals surface area contributed by atoms with E-state index in [1.165, 1.54) is 25.7 Å². The normalized spacial score (nSPS) is 13.8. The predicted molar refractivity (Wildman–Crippen MR) is 220 cm³/mol. The molecule has 0 aromatic rings. The van der Waals surface area contributed by atoms with Gasteiger partial charge < -0.3 is 23.8 Å². The quantitative estimate of drug-likeness (QED) is 0.0227. The van der Waals surface area contributed by atoms with E-state index in [0.717, 1.165) is 83.5 Å². The van der Waals surface area contributed by atoms with E-state index in [1.807, 2.05) is 57.6 Å². The van der Waals surface area contributed by atoms with Crippen LogP contribution in [0.4, 0.5) is 0 Å². The largest absolute Gasteiger partial charge is 0.477 e. The number of nitrogens with zero attached hydrogens (tertiary/aromatic N) is 1. The molecule has 53 heavy (non-hydrogen) atoms. The zero-order valence-corrected chi connectivity index (χ0v) is 34.2. The Bertz CT molecular complexity index is 1100. The first-order chi connectivity index (χ1) is 25.6. The van der Waals surface area contributed by atoms with Crippen LogP contribution in [0.2, 0.25) is 0 Å². The van der Waals surface area contributed by atoms with Crippen molar-refractivity contribution in [3.05, 3.63) is 72.9 Å². The number of ether oxygens (including phenoxy) is 3. The first-order valence-corrected chi connectivity index (χ1v) is 20.5. The van der Waals surface area contributed by atoms with Crippen molar-refractivity contribution >= 4 is 17.9 Å². The molecule has 0 bridgehead atoms. The van der Waals surface area contributed by atoms with Gasteiger partial charge in [-0.3, -0.25) is 9.59 Å². The van der Waals surface area contributed by atoms with Crippen LogP contribution in [0.5, 0.6) is 0 Å². The fourth-order valence-electron chi connectivity index (χ4n) is 5.45. The first-order valence-electron chi connectivity index (χ1n) is 20.5. The first kappa shape index (κ1) is 49.8. The lowest BCUT2D eigenvalue weighted by molar-refractivity contribution is -0.887. The Balaban J connectivity index is 4.44. The van der Waals surface area contributed by atoms with E-state index in [4.69, 9.17) is 14.2 Å². The van der Waals surface area contributed by atoms with Crippen molar-refractivity contribution in [2.75, 3.05) is 41.0 Å². The number of carbonyl (C=O) groups is 3. The standard InChI is InChI=1S/C45H75NO7/c1-6-8-10-12-14-16-18-19-20-21-22-23-24-26-27-29-31-33-35-43(47)52-40-41(39-51-38-37-42(45(49)50)46(3,4)5)53-44(48)36-34-32-30-28-25-17-15-13-11-9-7-2/h10,12-16,18-23,41-42H,6-9,11,17,24-40H2,1-5H3/p+1/b12-10+,15-13+,16-14+,19-18+,21-20+,23-22+. The van der Waals surface area contributed by atoms with E-state index < -0.39 is 18.1 Å². The lowest BCUT2D eigenvalue weighted by Gasteiger charge is -2.31. The molecule has 0 aromatic carbocycles. The van der Waals surface area contributed by atoms with Gasteiger partial charge in [0.05, 0.1) is 34.4 Å². The minimum atomic E-state index is -0.884. The molecule has 0 amide bonds. The van der Waals surface area contributed by atoms with Crippen molar-refractivity contribution < 1.29 is 38.2 Å². The summed E-state index contributed by atoms with van der Waals surface area (Å²) in [6.07, 6.45) is 43.6. The maximum absolute atomic E-state index is 12.7. The lowest BCUT2D eigenvalue weighted by atomic mass is 10.1.